The molecule has 0 unspecified atom stereocenters. The number of rotatable bonds is 8. The maximum atomic E-state index is 12.1. The van der Waals surface area contributed by atoms with Gasteiger partial charge in [0, 0.05) is 24.9 Å². The molecule has 0 heterocycles. The molecular formula is C21H25N3O4. The van der Waals surface area contributed by atoms with Gasteiger partial charge < -0.3 is 10.1 Å². The van der Waals surface area contributed by atoms with E-state index in [1.165, 1.54) is 0 Å². The molecule has 7 heteroatoms. The van der Waals surface area contributed by atoms with E-state index in [9.17, 15) is 14.4 Å². The number of benzene rings is 2. The number of hydrogen-bond acceptors (Lipinski definition) is 4. The maximum Gasteiger partial charge on any atom is 0.269 e. The van der Waals surface area contributed by atoms with Gasteiger partial charge in [-0.3, -0.25) is 25.2 Å². The van der Waals surface area contributed by atoms with E-state index in [2.05, 4.69) is 16.2 Å². The monoisotopic (exact) mass is 383 g/mol. The topological polar surface area (TPSA) is 96.5 Å². The summed E-state index contributed by atoms with van der Waals surface area (Å²) in [6, 6.07) is 16.2. The van der Waals surface area contributed by atoms with Gasteiger partial charge in [0.2, 0.25) is 11.8 Å². The minimum Gasteiger partial charge on any atom is -0.491 e. The lowest BCUT2D eigenvalue weighted by Gasteiger charge is -2.11. The van der Waals surface area contributed by atoms with E-state index in [-0.39, 0.29) is 24.9 Å². The second kappa shape index (κ2) is 10.7. The fourth-order valence-corrected chi connectivity index (χ4v) is 2.36. The van der Waals surface area contributed by atoms with Crippen LogP contribution < -0.4 is 20.9 Å². The fraction of sp³-hybridized carbons (Fsp3) is 0.286. The van der Waals surface area contributed by atoms with Crippen LogP contribution in [0.25, 0.3) is 0 Å². The number of hydrazine groups is 1. The van der Waals surface area contributed by atoms with Gasteiger partial charge in [-0.2, -0.15) is 0 Å². The summed E-state index contributed by atoms with van der Waals surface area (Å²) in [4.78, 5) is 35.8. The van der Waals surface area contributed by atoms with Crippen molar-refractivity contribution in [3.63, 3.8) is 0 Å². The second-order valence-corrected chi connectivity index (χ2v) is 6.46. The molecule has 0 bridgehead atoms. The normalized spacial score (nSPS) is 10.2. The highest BCUT2D eigenvalue weighted by molar-refractivity contribution is 5.96. The minimum atomic E-state index is -0.462. The van der Waals surface area contributed by atoms with Crippen LogP contribution in [0.1, 0.15) is 42.6 Å². The number of carbonyl (C=O) groups is 3. The summed E-state index contributed by atoms with van der Waals surface area (Å²) in [5.41, 5.74) is 5.99. The highest BCUT2D eigenvalue weighted by Crippen LogP contribution is 2.14. The van der Waals surface area contributed by atoms with E-state index >= 15 is 0 Å². The quantitative estimate of drug-likeness (QED) is 0.610. The van der Waals surface area contributed by atoms with Crippen molar-refractivity contribution in [2.75, 3.05) is 0 Å². The molecule has 3 N–H and O–H groups in total. The van der Waals surface area contributed by atoms with Gasteiger partial charge >= 0.3 is 0 Å². The zero-order valence-corrected chi connectivity index (χ0v) is 16.0. The van der Waals surface area contributed by atoms with Crippen molar-refractivity contribution in [3.8, 4) is 5.75 Å². The number of ether oxygens (including phenoxy) is 1. The Kier molecular flexibility index (Phi) is 8.02. The van der Waals surface area contributed by atoms with E-state index in [0.29, 0.717) is 17.9 Å². The molecule has 0 saturated carbocycles. The third-order valence-electron chi connectivity index (χ3n) is 3.70. The Bertz CT molecular complexity index is 806. The molecule has 0 atom stereocenters. The van der Waals surface area contributed by atoms with E-state index in [1.54, 1.807) is 24.3 Å². The van der Waals surface area contributed by atoms with Crippen LogP contribution in [0.5, 0.6) is 5.75 Å². The predicted molar refractivity (Wildman–Crippen MR) is 105 cm³/mol. The van der Waals surface area contributed by atoms with Crippen molar-refractivity contribution >= 4 is 17.7 Å². The Balaban J connectivity index is 1.70. The lowest BCUT2D eigenvalue weighted by molar-refractivity contribution is -0.126. The summed E-state index contributed by atoms with van der Waals surface area (Å²) in [7, 11) is 0. The zero-order valence-electron chi connectivity index (χ0n) is 16.0. The molecule has 0 spiro atoms. The molecule has 0 aliphatic heterocycles. The van der Waals surface area contributed by atoms with Gasteiger partial charge in [-0.1, -0.05) is 36.4 Å². The van der Waals surface area contributed by atoms with Gasteiger partial charge in [0.25, 0.3) is 5.91 Å². The van der Waals surface area contributed by atoms with Crippen LogP contribution in [-0.2, 0) is 16.1 Å². The zero-order chi connectivity index (χ0) is 20.4. The van der Waals surface area contributed by atoms with Crippen molar-refractivity contribution in [1.29, 1.82) is 0 Å². The predicted octanol–water partition coefficient (Wildman–Crippen LogP) is 2.33. The van der Waals surface area contributed by atoms with Crippen LogP contribution >= 0.6 is 0 Å². The van der Waals surface area contributed by atoms with Crippen molar-refractivity contribution < 1.29 is 19.1 Å². The van der Waals surface area contributed by atoms with Gasteiger partial charge in [-0.15, -0.1) is 0 Å². The number of carbonyl (C=O) groups excluding carboxylic acids is 3. The van der Waals surface area contributed by atoms with Gasteiger partial charge in [0.1, 0.15) is 5.75 Å². The number of amides is 3. The molecule has 2 rings (SSSR count). The first-order valence-corrected chi connectivity index (χ1v) is 9.10. The highest BCUT2D eigenvalue weighted by atomic mass is 16.5. The Morgan fingerprint density at radius 1 is 0.893 bits per heavy atom. The molecule has 2 aromatic carbocycles. The number of hydrogen-bond donors (Lipinski definition) is 3. The molecule has 7 nitrogen and oxygen atoms in total. The summed E-state index contributed by atoms with van der Waals surface area (Å²) in [5.74, 6) is -0.568. The van der Waals surface area contributed by atoms with E-state index < -0.39 is 11.8 Å². The van der Waals surface area contributed by atoms with Gasteiger partial charge in [0.15, 0.2) is 0 Å². The smallest absolute Gasteiger partial charge is 0.269 e. The largest absolute Gasteiger partial charge is 0.491 e. The van der Waals surface area contributed by atoms with Crippen LogP contribution in [0.15, 0.2) is 54.6 Å². The van der Waals surface area contributed by atoms with Crippen molar-refractivity contribution in [1.82, 2.24) is 16.2 Å². The Morgan fingerprint density at radius 3 is 2.32 bits per heavy atom. The summed E-state index contributed by atoms with van der Waals surface area (Å²) >= 11 is 0. The molecule has 0 aliphatic carbocycles. The molecule has 0 aromatic heterocycles. The SMILES string of the molecule is CC(C)Oc1cccc(C(=O)NNC(=O)CCC(=O)NCc2ccccc2)c1. The summed E-state index contributed by atoms with van der Waals surface area (Å²) in [6.45, 7) is 4.19. The summed E-state index contributed by atoms with van der Waals surface area (Å²) in [5, 5.41) is 2.75. The maximum absolute atomic E-state index is 12.1. The third kappa shape index (κ3) is 7.49. The Labute approximate surface area is 164 Å². The minimum absolute atomic E-state index is 0.00829. The van der Waals surface area contributed by atoms with Crippen LogP contribution in [-0.4, -0.2) is 23.8 Å². The van der Waals surface area contributed by atoms with Crippen molar-refractivity contribution in [3.05, 3.63) is 65.7 Å². The first-order valence-electron chi connectivity index (χ1n) is 9.10. The van der Waals surface area contributed by atoms with Crippen molar-refractivity contribution in [2.45, 2.75) is 39.3 Å². The molecule has 2 aromatic rings. The van der Waals surface area contributed by atoms with E-state index in [1.807, 2.05) is 44.2 Å². The van der Waals surface area contributed by atoms with E-state index in [4.69, 9.17) is 4.74 Å². The van der Waals surface area contributed by atoms with Crippen LogP contribution in [0.2, 0.25) is 0 Å². The average molecular weight is 383 g/mol. The lowest BCUT2D eigenvalue weighted by Crippen LogP contribution is -2.42. The first-order chi connectivity index (χ1) is 13.4. The van der Waals surface area contributed by atoms with Crippen LogP contribution in [0, 0.1) is 0 Å². The average Bonchev–Trinajstić information content (AvgIpc) is 2.69. The third-order valence-corrected chi connectivity index (χ3v) is 3.70. The molecule has 0 aliphatic rings. The summed E-state index contributed by atoms with van der Waals surface area (Å²) < 4.78 is 5.54. The molecule has 0 radical (unpaired) electrons. The lowest BCUT2D eigenvalue weighted by atomic mass is 10.2. The molecular weight excluding hydrogens is 358 g/mol. The molecule has 0 saturated heterocycles. The standard InChI is InChI=1S/C21H25N3O4/c1-15(2)28-18-10-6-9-17(13-18)21(27)24-23-20(26)12-11-19(25)22-14-16-7-4-3-5-8-16/h3-10,13,15H,11-12,14H2,1-2H3,(H,22,25)(H,23,26)(H,24,27). The van der Waals surface area contributed by atoms with Crippen molar-refractivity contribution in [2.24, 2.45) is 0 Å². The van der Waals surface area contributed by atoms with Gasteiger partial charge in [-0.25, -0.2) is 0 Å². The van der Waals surface area contributed by atoms with Crippen LogP contribution in [0.4, 0.5) is 0 Å². The molecule has 28 heavy (non-hydrogen) atoms. The molecule has 3 amide bonds. The summed E-state index contributed by atoms with van der Waals surface area (Å²) in [6.07, 6.45) is -0.00466. The highest BCUT2D eigenvalue weighted by Gasteiger charge is 2.10. The second-order valence-electron chi connectivity index (χ2n) is 6.46. The molecule has 0 fully saturated rings. The van der Waals surface area contributed by atoms with Gasteiger partial charge in [0.05, 0.1) is 6.10 Å². The van der Waals surface area contributed by atoms with Gasteiger partial charge in [-0.05, 0) is 37.6 Å². The van der Waals surface area contributed by atoms with Crippen LogP contribution in [0.3, 0.4) is 0 Å². The Hall–Kier alpha value is -3.35. The molecule has 148 valence electrons. The number of nitrogens with one attached hydrogen (secondary N) is 3. The fourth-order valence-electron chi connectivity index (χ4n) is 2.36. The van der Waals surface area contributed by atoms with E-state index in [0.717, 1.165) is 5.56 Å². The first kappa shape index (κ1) is 21.0. The Morgan fingerprint density at radius 2 is 1.61 bits per heavy atom.